The summed E-state index contributed by atoms with van der Waals surface area (Å²) in [5, 5.41) is 0. The zero-order valence-corrected chi connectivity index (χ0v) is 9.34. The van der Waals surface area contributed by atoms with Crippen LogP contribution in [0.25, 0.3) is 0 Å². The number of ketones is 1. The molecule has 0 aromatic rings. The summed E-state index contributed by atoms with van der Waals surface area (Å²) in [4.78, 5) is 12.1. The zero-order chi connectivity index (χ0) is 10.7. The molecule has 0 unspecified atom stereocenters. The fraction of sp³-hybridized carbons (Fsp3) is 0.917. The van der Waals surface area contributed by atoms with E-state index in [1.54, 1.807) is 0 Å². The second-order valence-electron chi connectivity index (χ2n) is 5.05. The molecule has 3 heteroatoms. The first-order valence-electron chi connectivity index (χ1n) is 6.11. The molecule has 0 aromatic heterocycles. The van der Waals surface area contributed by atoms with Crippen molar-refractivity contribution in [3.05, 3.63) is 0 Å². The lowest BCUT2D eigenvalue weighted by atomic mass is 9.82. The normalized spacial score (nSPS) is 26.7. The second kappa shape index (κ2) is 4.62. The van der Waals surface area contributed by atoms with Gasteiger partial charge in [-0.3, -0.25) is 4.79 Å². The second-order valence-corrected chi connectivity index (χ2v) is 5.05. The molecule has 1 aliphatic heterocycles. The fourth-order valence-corrected chi connectivity index (χ4v) is 2.69. The molecule has 86 valence electrons. The SMILES string of the molecule is NC1(C(=O)CC2CCCC2)CCOCC1. The Balaban J connectivity index is 1.87. The van der Waals surface area contributed by atoms with E-state index in [9.17, 15) is 4.79 Å². The molecule has 0 radical (unpaired) electrons. The number of carbonyl (C=O) groups excluding carboxylic acids is 1. The molecule has 0 amide bonds. The maximum absolute atomic E-state index is 12.1. The van der Waals surface area contributed by atoms with Crippen molar-refractivity contribution in [3.63, 3.8) is 0 Å². The number of nitrogens with two attached hydrogens (primary N) is 1. The van der Waals surface area contributed by atoms with Gasteiger partial charge in [0, 0.05) is 19.6 Å². The van der Waals surface area contributed by atoms with Crippen LogP contribution in [0.4, 0.5) is 0 Å². The largest absolute Gasteiger partial charge is 0.381 e. The Hall–Kier alpha value is -0.410. The highest BCUT2D eigenvalue weighted by atomic mass is 16.5. The summed E-state index contributed by atoms with van der Waals surface area (Å²) in [6.07, 6.45) is 7.14. The van der Waals surface area contributed by atoms with E-state index in [4.69, 9.17) is 10.5 Å². The molecular weight excluding hydrogens is 190 g/mol. The van der Waals surface area contributed by atoms with Gasteiger partial charge >= 0.3 is 0 Å². The maximum Gasteiger partial charge on any atom is 0.153 e. The van der Waals surface area contributed by atoms with Crippen molar-refractivity contribution in [2.45, 2.75) is 50.5 Å². The Morgan fingerprint density at radius 1 is 1.27 bits per heavy atom. The van der Waals surface area contributed by atoms with Gasteiger partial charge in [0.05, 0.1) is 5.54 Å². The first-order valence-corrected chi connectivity index (χ1v) is 6.11. The molecule has 15 heavy (non-hydrogen) atoms. The smallest absolute Gasteiger partial charge is 0.153 e. The van der Waals surface area contributed by atoms with Crippen molar-refractivity contribution < 1.29 is 9.53 Å². The highest BCUT2D eigenvalue weighted by Crippen LogP contribution is 2.30. The van der Waals surface area contributed by atoms with Crippen LogP contribution in [-0.4, -0.2) is 24.5 Å². The fourth-order valence-electron chi connectivity index (χ4n) is 2.69. The van der Waals surface area contributed by atoms with E-state index in [-0.39, 0.29) is 5.78 Å². The molecular formula is C12H21NO2. The molecule has 1 aliphatic carbocycles. The van der Waals surface area contributed by atoms with E-state index >= 15 is 0 Å². The first-order chi connectivity index (χ1) is 7.21. The van der Waals surface area contributed by atoms with Crippen LogP contribution in [0.2, 0.25) is 0 Å². The lowest BCUT2D eigenvalue weighted by Crippen LogP contribution is -2.52. The zero-order valence-electron chi connectivity index (χ0n) is 9.34. The molecule has 0 aromatic carbocycles. The average molecular weight is 211 g/mol. The van der Waals surface area contributed by atoms with E-state index in [1.165, 1.54) is 25.7 Å². The summed E-state index contributed by atoms with van der Waals surface area (Å²) < 4.78 is 5.25. The third-order valence-electron chi connectivity index (χ3n) is 3.89. The summed E-state index contributed by atoms with van der Waals surface area (Å²) in [5.41, 5.74) is 5.58. The van der Waals surface area contributed by atoms with Crippen LogP contribution in [-0.2, 0) is 9.53 Å². The first kappa shape index (κ1) is 11.1. The van der Waals surface area contributed by atoms with Crippen molar-refractivity contribution in [1.82, 2.24) is 0 Å². The molecule has 1 saturated heterocycles. The molecule has 0 atom stereocenters. The minimum absolute atomic E-state index is 0.276. The minimum Gasteiger partial charge on any atom is -0.381 e. The van der Waals surface area contributed by atoms with Gasteiger partial charge in [-0.05, 0) is 18.8 Å². The average Bonchev–Trinajstić information content (AvgIpc) is 2.71. The lowest BCUT2D eigenvalue weighted by Gasteiger charge is -2.32. The van der Waals surface area contributed by atoms with Gasteiger partial charge in [-0.25, -0.2) is 0 Å². The summed E-state index contributed by atoms with van der Waals surface area (Å²) in [6.45, 7) is 1.29. The molecule has 2 fully saturated rings. The van der Waals surface area contributed by atoms with Crippen molar-refractivity contribution in [2.24, 2.45) is 11.7 Å². The number of Topliss-reactive ketones (excluding diaryl/α,β-unsaturated/α-hetero) is 1. The summed E-state index contributed by atoms with van der Waals surface area (Å²) >= 11 is 0. The van der Waals surface area contributed by atoms with Gasteiger partial charge in [0.1, 0.15) is 0 Å². The van der Waals surface area contributed by atoms with E-state index in [0.717, 1.165) is 0 Å². The maximum atomic E-state index is 12.1. The van der Waals surface area contributed by atoms with Gasteiger partial charge in [-0.2, -0.15) is 0 Å². The van der Waals surface area contributed by atoms with E-state index < -0.39 is 5.54 Å². The molecule has 2 rings (SSSR count). The number of hydrogen-bond donors (Lipinski definition) is 1. The van der Waals surface area contributed by atoms with Gasteiger partial charge in [0.15, 0.2) is 5.78 Å². The molecule has 2 aliphatic rings. The molecule has 1 saturated carbocycles. The van der Waals surface area contributed by atoms with Gasteiger partial charge in [0.2, 0.25) is 0 Å². The highest BCUT2D eigenvalue weighted by molar-refractivity contribution is 5.88. The van der Waals surface area contributed by atoms with Gasteiger partial charge in [-0.15, -0.1) is 0 Å². The standard InChI is InChI=1S/C12H21NO2/c13-12(5-7-15-8-6-12)11(14)9-10-3-1-2-4-10/h10H,1-9,13H2. The Kier molecular flexibility index (Phi) is 3.42. The summed E-state index contributed by atoms with van der Waals surface area (Å²) in [5.74, 6) is 0.887. The molecule has 3 nitrogen and oxygen atoms in total. The number of hydrogen-bond acceptors (Lipinski definition) is 3. The van der Waals surface area contributed by atoms with Gasteiger partial charge < -0.3 is 10.5 Å². The molecule has 1 heterocycles. The Morgan fingerprint density at radius 3 is 2.47 bits per heavy atom. The third kappa shape index (κ3) is 2.58. The quantitative estimate of drug-likeness (QED) is 0.772. The van der Waals surface area contributed by atoms with Crippen LogP contribution in [0.15, 0.2) is 0 Å². The van der Waals surface area contributed by atoms with Crippen LogP contribution in [0.5, 0.6) is 0 Å². The van der Waals surface area contributed by atoms with E-state index in [0.29, 0.717) is 38.4 Å². The van der Waals surface area contributed by atoms with Crippen LogP contribution < -0.4 is 5.73 Å². The minimum atomic E-state index is -0.569. The lowest BCUT2D eigenvalue weighted by molar-refractivity contribution is -0.128. The van der Waals surface area contributed by atoms with Crippen LogP contribution in [0.1, 0.15) is 44.9 Å². The van der Waals surface area contributed by atoms with E-state index in [1.807, 2.05) is 0 Å². The van der Waals surface area contributed by atoms with Crippen LogP contribution in [0, 0.1) is 5.92 Å². The van der Waals surface area contributed by atoms with Crippen LogP contribution in [0.3, 0.4) is 0 Å². The Morgan fingerprint density at radius 2 is 1.87 bits per heavy atom. The number of ether oxygens (including phenoxy) is 1. The number of rotatable bonds is 3. The topological polar surface area (TPSA) is 52.3 Å². The predicted molar refractivity (Wildman–Crippen MR) is 58.6 cm³/mol. The molecule has 2 N–H and O–H groups in total. The third-order valence-corrected chi connectivity index (χ3v) is 3.89. The Labute approximate surface area is 91.4 Å². The van der Waals surface area contributed by atoms with Crippen LogP contribution >= 0.6 is 0 Å². The summed E-state index contributed by atoms with van der Waals surface area (Å²) in [7, 11) is 0. The van der Waals surface area contributed by atoms with Gasteiger partial charge in [-0.1, -0.05) is 25.7 Å². The molecule has 0 bridgehead atoms. The predicted octanol–water partition coefficient (Wildman–Crippen LogP) is 1.64. The van der Waals surface area contributed by atoms with Crippen molar-refractivity contribution >= 4 is 5.78 Å². The van der Waals surface area contributed by atoms with Crippen molar-refractivity contribution in [3.8, 4) is 0 Å². The Bertz CT molecular complexity index is 228. The van der Waals surface area contributed by atoms with Crippen molar-refractivity contribution in [1.29, 1.82) is 0 Å². The van der Waals surface area contributed by atoms with E-state index in [2.05, 4.69) is 0 Å². The monoisotopic (exact) mass is 211 g/mol. The number of carbonyl (C=O) groups is 1. The molecule has 0 spiro atoms. The van der Waals surface area contributed by atoms with Gasteiger partial charge in [0.25, 0.3) is 0 Å². The van der Waals surface area contributed by atoms with Crippen molar-refractivity contribution in [2.75, 3.05) is 13.2 Å². The summed E-state index contributed by atoms with van der Waals surface area (Å²) in [6, 6.07) is 0. The highest BCUT2D eigenvalue weighted by Gasteiger charge is 2.36.